The maximum atomic E-state index is 5.49. The van der Waals surface area contributed by atoms with E-state index in [4.69, 9.17) is 5.73 Å². The predicted molar refractivity (Wildman–Crippen MR) is 61.9 cm³/mol. The second-order valence-corrected chi connectivity index (χ2v) is 2.58. The summed E-state index contributed by atoms with van der Waals surface area (Å²) in [5.41, 5.74) is 8.39. The van der Waals surface area contributed by atoms with Gasteiger partial charge in [0.1, 0.15) is 0 Å². The van der Waals surface area contributed by atoms with Crippen LogP contribution in [0, 0.1) is 0 Å². The number of nitrogens with zero attached hydrogens (tertiary/aromatic N) is 2. The zero-order valence-corrected chi connectivity index (χ0v) is 9.02. The molecule has 14 heavy (non-hydrogen) atoms. The van der Waals surface area contributed by atoms with Crippen LogP contribution in [-0.4, -0.2) is 9.97 Å². The fourth-order valence-corrected chi connectivity index (χ4v) is 1.14. The van der Waals surface area contributed by atoms with E-state index in [2.05, 4.69) is 9.97 Å². The number of rotatable bonds is 1. The van der Waals surface area contributed by atoms with Crippen molar-refractivity contribution in [3.05, 3.63) is 36.2 Å². The molecule has 0 atom stereocenters. The van der Waals surface area contributed by atoms with Crippen molar-refractivity contribution in [2.24, 2.45) is 5.73 Å². The van der Waals surface area contributed by atoms with Gasteiger partial charge in [-0.2, -0.15) is 0 Å². The maximum Gasteiger partial charge on any atom is 0.0890 e. The Morgan fingerprint density at radius 3 is 2.29 bits per heavy atom. The molecule has 2 N–H and O–H groups in total. The molecule has 3 nitrogen and oxygen atoms in total. The Labute approximate surface area is 94.6 Å². The van der Waals surface area contributed by atoms with Gasteiger partial charge in [0.15, 0.2) is 0 Å². The predicted octanol–water partition coefficient (Wildman–Crippen LogP) is 1.93. The minimum absolute atomic E-state index is 0. The van der Waals surface area contributed by atoms with Crippen LogP contribution in [0.15, 0.2) is 30.6 Å². The van der Waals surface area contributed by atoms with Gasteiger partial charge in [0.2, 0.25) is 0 Å². The van der Waals surface area contributed by atoms with Gasteiger partial charge in [-0.15, -0.1) is 24.8 Å². The molecule has 0 aliphatic carbocycles. The summed E-state index contributed by atoms with van der Waals surface area (Å²) in [7, 11) is 0. The fraction of sp³-hybridized carbons (Fsp3) is 0.111. The zero-order chi connectivity index (χ0) is 8.39. The minimum atomic E-state index is 0. The van der Waals surface area contributed by atoms with Crippen molar-refractivity contribution < 1.29 is 0 Å². The molecule has 1 aromatic carbocycles. The normalized spacial score (nSPS) is 8.93. The zero-order valence-electron chi connectivity index (χ0n) is 7.38. The van der Waals surface area contributed by atoms with Crippen molar-refractivity contribution in [2.75, 3.05) is 0 Å². The third-order valence-electron chi connectivity index (χ3n) is 1.77. The van der Waals surface area contributed by atoms with E-state index >= 15 is 0 Å². The Bertz CT molecular complexity index is 406. The molecule has 0 aliphatic rings. The number of nitrogens with two attached hydrogens (primary N) is 1. The summed E-state index contributed by atoms with van der Waals surface area (Å²) < 4.78 is 0. The number of aromatic nitrogens is 2. The maximum absolute atomic E-state index is 5.49. The highest BCUT2D eigenvalue weighted by Crippen LogP contribution is 2.09. The van der Waals surface area contributed by atoms with Crippen molar-refractivity contribution in [2.45, 2.75) is 6.54 Å². The highest BCUT2D eigenvalue weighted by atomic mass is 35.5. The topological polar surface area (TPSA) is 51.8 Å². The standard InChI is InChI=1S/C9H9N3.2ClH/c10-6-7-1-2-8-9(5-7)12-4-3-11-8;;/h1-5H,6,10H2;2*1H. The molecule has 2 rings (SSSR count). The van der Waals surface area contributed by atoms with Crippen molar-refractivity contribution in [1.29, 1.82) is 0 Å². The first-order valence-corrected chi connectivity index (χ1v) is 3.80. The van der Waals surface area contributed by atoms with Crippen LogP contribution in [0.4, 0.5) is 0 Å². The number of hydrogen-bond donors (Lipinski definition) is 1. The third-order valence-corrected chi connectivity index (χ3v) is 1.77. The lowest BCUT2D eigenvalue weighted by Gasteiger charge is -1.97. The van der Waals surface area contributed by atoms with Gasteiger partial charge >= 0.3 is 0 Å². The van der Waals surface area contributed by atoms with Crippen LogP contribution in [0.25, 0.3) is 11.0 Å². The lowest BCUT2D eigenvalue weighted by Crippen LogP contribution is -1.96. The van der Waals surface area contributed by atoms with Crippen LogP contribution in [0.3, 0.4) is 0 Å². The number of hydrogen-bond acceptors (Lipinski definition) is 3. The van der Waals surface area contributed by atoms with Crippen molar-refractivity contribution in [3.63, 3.8) is 0 Å². The molecule has 0 radical (unpaired) electrons. The highest BCUT2D eigenvalue weighted by molar-refractivity contribution is 5.85. The Kier molecular flexibility index (Phi) is 5.38. The first kappa shape index (κ1) is 13.1. The van der Waals surface area contributed by atoms with Crippen LogP contribution >= 0.6 is 24.8 Å². The summed E-state index contributed by atoms with van der Waals surface area (Å²) in [6.07, 6.45) is 3.37. The van der Waals surface area contributed by atoms with Gasteiger partial charge in [0.25, 0.3) is 0 Å². The van der Waals surface area contributed by atoms with Crippen molar-refractivity contribution >= 4 is 35.8 Å². The summed E-state index contributed by atoms with van der Waals surface area (Å²) in [4.78, 5) is 8.33. The fourth-order valence-electron chi connectivity index (χ4n) is 1.14. The Morgan fingerprint density at radius 1 is 1.00 bits per heavy atom. The summed E-state index contributed by atoms with van der Waals surface area (Å²) in [6.45, 7) is 0.548. The molecular formula is C9H11Cl2N3. The molecule has 2 aromatic rings. The average molecular weight is 232 g/mol. The van der Waals surface area contributed by atoms with Crippen molar-refractivity contribution in [3.8, 4) is 0 Å². The molecule has 0 aliphatic heterocycles. The Morgan fingerprint density at radius 2 is 1.64 bits per heavy atom. The van der Waals surface area contributed by atoms with Gasteiger partial charge in [-0.1, -0.05) is 6.07 Å². The monoisotopic (exact) mass is 231 g/mol. The van der Waals surface area contributed by atoms with E-state index in [9.17, 15) is 0 Å². The van der Waals surface area contributed by atoms with E-state index in [1.54, 1.807) is 12.4 Å². The van der Waals surface area contributed by atoms with E-state index in [0.717, 1.165) is 16.6 Å². The summed E-state index contributed by atoms with van der Waals surface area (Å²) in [5, 5.41) is 0. The summed E-state index contributed by atoms with van der Waals surface area (Å²) in [5.74, 6) is 0. The van der Waals surface area contributed by atoms with Crippen LogP contribution in [0.5, 0.6) is 0 Å². The molecule has 0 spiro atoms. The average Bonchev–Trinajstić information content (AvgIpc) is 2.17. The second kappa shape index (κ2) is 5.75. The molecule has 5 heteroatoms. The van der Waals surface area contributed by atoms with Crippen LogP contribution < -0.4 is 5.73 Å². The molecule has 1 heterocycles. The van der Waals surface area contributed by atoms with Crippen LogP contribution in [0.2, 0.25) is 0 Å². The summed E-state index contributed by atoms with van der Waals surface area (Å²) in [6, 6.07) is 5.86. The van der Waals surface area contributed by atoms with E-state index in [1.165, 1.54) is 0 Å². The molecule has 0 fully saturated rings. The SMILES string of the molecule is Cl.Cl.NCc1ccc2nccnc2c1. The minimum Gasteiger partial charge on any atom is -0.326 e. The molecule has 0 saturated heterocycles. The number of halogens is 2. The van der Waals surface area contributed by atoms with Gasteiger partial charge in [0, 0.05) is 18.9 Å². The molecule has 0 saturated carbocycles. The summed E-state index contributed by atoms with van der Waals surface area (Å²) >= 11 is 0. The van der Waals surface area contributed by atoms with Gasteiger partial charge in [-0.05, 0) is 17.7 Å². The van der Waals surface area contributed by atoms with Crippen molar-refractivity contribution in [1.82, 2.24) is 9.97 Å². The molecule has 0 unspecified atom stereocenters. The van der Waals surface area contributed by atoms with Crippen LogP contribution in [-0.2, 0) is 6.54 Å². The van der Waals surface area contributed by atoms with E-state index < -0.39 is 0 Å². The Balaban J connectivity index is 0.000000845. The van der Waals surface area contributed by atoms with Gasteiger partial charge in [0.05, 0.1) is 11.0 Å². The third kappa shape index (κ3) is 2.54. The molecule has 1 aromatic heterocycles. The lowest BCUT2D eigenvalue weighted by atomic mass is 10.2. The molecule has 76 valence electrons. The molecular weight excluding hydrogens is 221 g/mol. The second-order valence-electron chi connectivity index (χ2n) is 2.58. The highest BCUT2D eigenvalue weighted by Gasteiger charge is 1.94. The van der Waals surface area contributed by atoms with Crippen LogP contribution in [0.1, 0.15) is 5.56 Å². The number of fused-ring (bicyclic) bond motifs is 1. The van der Waals surface area contributed by atoms with E-state index in [-0.39, 0.29) is 24.8 Å². The largest absolute Gasteiger partial charge is 0.326 e. The lowest BCUT2D eigenvalue weighted by molar-refractivity contribution is 1.07. The van der Waals surface area contributed by atoms with E-state index in [0.29, 0.717) is 6.54 Å². The van der Waals surface area contributed by atoms with E-state index in [1.807, 2.05) is 18.2 Å². The Hall–Kier alpha value is -0.900. The van der Waals surface area contributed by atoms with Gasteiger partial charge in [-0.3, -0.25) is 9.97 Å². The smallest absolute Gasteiger partial charge is 0.0890 e. The quantitative estimate of drug-likeness (QED) is 0.817. The molecule has 0 amide bonds. The first-order chi connectivity index (χ1) is 5.90. The molecule has 0 bridgehead atoms. The number of benzene rings is 1. The first-order valence-electron chi connectivity index (χ1n) is 3.80. The van der Waals surface area contributed by atoms with Gasteiger partial charge < -0.3 is 5.73 Å². The van der Waals surface area contributed by atoms with Gasteiger partial charge in [-0.25, -0.2) is 0 Å².